The second-order valence-electron chi connectivity index (χ2n) is 4.50. The molecule has 3 nitrogen and oxygen atoms in total. The van der Waals surface area contributed by atoms with Gasteiger partial charge in [-0.2, -0.15) is 0 Å². The van der Waals surface area contributed by atoms with Gasteiger partial charge in [0.25, 0.3) is 0 Å². The van der Waals surface area contributed by atoms with E-state index in [4.69, 9.17) is 0 Å². The van der Waals surface area contributed by atoms with E-state index in [1.165, 1.54) is 4.90 Å². The van der Waals surface area contributed by atoms with Crippen LogP contribution in [-0.2, 0) is 4.79 Å². The van der Waals surface area contributed by atoms with Gasteiger partial charge in [-0.1, -0.05) is 18.2 Å². The van der Waals surface area contributed by atoms with E-state index in [9.17, 15) is 4.79 Å². The second-order valence-corrected chi connectivity index (χ2v) is 5.67. The van der Waals surface area contributed by atoms with Gasteiger partial charge in [-0.05, 0) is 32.9 Å². The predicted molar refractivity (Wildman–Crippen MR) is 77.9 cm³/mol. The molecule has 4 heteroatoms. The number of hydrogen-bond acceptors (Lipinski definition) is 3. The Morgan fingerprint density at radius 1 is 1.22 bits per heavy atom. The molecule has 1 atom stereocenters. The number of carbonyl (C=O) groups is 1. The standard InChI is InChI=1S/C14H22N2OS/c1-11(2)16-14(17)12(3)15-9-10-18-13-7-5-4-6-8-13/h4-8,11-12,15H,9-10H2,1-3H3,(H,16,17). The number of amides is 1. The molecule has 0 saturated carbocycles. The van der Waals surface area contributed by atoms with Gasteiger partial charge in [-0.25, -0.2) is 0 Å². The Labute approximate surface area is 114 Å². The second kappa shape index (κ2) is 8.16. The molecule has 0 aliphatic carbocycles. The van der Waals surface area contributed by atoms with Crippen molar-refractivity contribution in [1.82, 2.24) is 10.6 Å². The van der Waals surface area contributed by atoms with Gasteiger partial charge in [0.1, 0.15) is 0 Å². The van der Waals surface area contributed by atoms with Gasteiger partial charge in [0.05, 0.1) is 6.04 Å². The Hall–Kier alpha value is -1.00. The average molecular weight is 266 g/mol. The number of thioether (sulfide) groups is 1. The smallest absolute Gasteiger partial charge is 0.237 e. The van der Waals surface area contributed by atoms with Crippen molar-refractivity contribution >= 4 is 17.7 Å². The molecule has 1 aromatic rings. The van der Waals surface area contributed by atoms with Crippen molar-refractivity contribution in [3.8, 4) is 0 Å². The van der Waals surface area contributed by atoms with Gasteiger partial charge in [0.15, 0.2) is 0 Å². The third-order valence-electron chi connectivity index (χ3n) is 2.39. The summed E-state index contributed by atoms with van der Waals surface area (Å²) in [5, 5.41) is 6.12. The van der Waals surface area contributed by atoms with Crippen molar-refractivity contribution in [3.05, 3.63) is 30.3 Å². The highest BCUT2D eigenvalue weighted by atomic mass is 32.2. The fourth-order valence-electron chi connectivity index (χ4n) is 1.46. The lowest BCUT2D eigenvalue weighted by atomic mass is 10.3. The van der Waals surface area contributed by atoms with Crippen LogP contribution in [0.5, 0.6) is 0 Å². The highest BCUT2D eigenvalue weighted by Crippen LogP contribution is 2.15. The highest BCUT2D eigenvalue weighted by Gasteiger charge is 2.11. The van der Waals surface area contributed by atoms with Crippen LogP contribution < -0.4 is 10.6 Å². The van der Waals surface area contributed by atoms with Crippen molar-refractivity contribution in [2.75, 3.05) is 12.3 Å². The summed E-state index contributed by atoms with van der Waals surface area (Å²) >= 11 is 1.79. The van der Waals surface area contributed by atoms with Gasteiger partial charge in [-0.15, -0.1) is 11.8 Å². The summed E-state index contributed by atoms with van der Waals surface area (Å²) in [5.41, 5.74) is 0. The number of hydrogen-bond donors (Lipinski definition) is 2. The molecule has 1 unspecified atom stereocenters. The summed E-state index contributed by atoms with van der Waals surface area (Å²) in [4.78, 5) is 12.9. The zero-order chi connectivity index (χ0) is 13.4. The first-order valence-electron chi connectivity index (χ1n) is 6.31. The minimum atomic E-state index is -0.135. The van der Waals surface area contributed by atoms with Crippen LogP contribution >= 0.6 is 11.8 Å². The van der Waals surface area contributed by atoms with E-state index in [1.807, 2.05) is 39.0 Å². The number of nitrogens with one attached hydrogen (secondary N) is 2. The van der Waals surface area contributed by atoms with Crippen LogP contribution in [0.15, 0.2) is 35.2 Å². The molecule has 2 N–H and O–H groups in total. The topological polar surface area (TPSA) is 41.1 Å². The summed E-state index contributed by atoms with van der Waals surface area (Å²) in [6.07, 6.45) is 0. The van der Waals surface area contributed by atoms with Gasteiger partial charge in [-0.3, -0.25) is 4.79 Å². The molecule has 0 aliphatic heterocycles. The molecular weight excluding hydrogens is 244 g/mol. The number of rotatable bonds is 7. The monoisotopic (exact) mass is 266 g/mol. The van der Waals surface area contributed by atoms with E-state index in [0.717, 1.165) is 12.3 Å². The maximum absolute atomic E-state index is 11.6. The Kier molecular flexibility index (Phi) is 6.83. The van der Waals surface area contributed by atoms with Crippen molar-refractivity contribution in [2.24, 2.45) is 0 Å². The first-order valence-corrected chi connectivity index (χ1v) is 7.29. The molecule has 18 heavy (non-hydrogen) atoms. The van der Waals surface area contributed by atoms with Crippen LogP contribution in [0.1, 0.15) is 20.8 Å². The third-order valence-corrected chi connectivity index (χ3v) is 3.40. The fourth-order valence-corrected chi connectivity index (χ4v) is 2.27. The lowest BCUT2D eigenvalue weighted by Gasteiger charge is -2.15. The Bertz CT molecular complexity index is 354. The predicted octanol–water partition coefficient (Wildman–Crippen LogP) is 2.28. The van der Waals surface area contributed by atoms with Crippen LogP contribution in [-0.4, -0.2) is 30.3 Å². The summed E-state index contributed by atoms with van der Waals surface area (Å²) in [7, 11) is 0. The molecular formula is C14H22N2OS. The van der Waals surface area contributed by atoms with E-state index >= 15 is 0 Å². The zero-order valence-corrected chi connectivity index (χ0v) is 12.1. The summed E-state index contributed by atoms with van der Waals surface area (Å²) in [6, 6.07) is 10.3. The van der Waals surface area contributed by atoms with Crippen LogP contribution in [0.3, 0.4) is 0 Å². The Morgan fingerprint density at radius 2 is 1.89 bits per heavy atom. The third kappa shape index (κ3) is 6.07. The first kappa shape index (κ1) is 15.1. The zero-order valence-electron chi connectivity index (χ0n) is 11.3. The number of benzene rings is 1. The average Bonchev–Trinajstić information content (AvgIpc) is 2.34. The molecule has 100 valence electrons. The van der Waals surface area contributed by atoms with E-state index in [2.05, 4.69) is 22.8 Å². The Morgan fingerprint density at radius 3 is 2.50 bits per heavy atom. The molecule has 0 aliphatic rings. The van der Waals surface area contributed by atoms with Crippen molar-refractivity contribution in [2.45, 2.75) is 37.8 Å². The molecule has 0 aromatic heterocycles. The molecule has 1 aromatic carbocycles. The first-order chi connectivity index (χ1) is 8.59. The maximum atomic E-state index is 11.6. The normalized spacial score (nSPS) is 12.4. The largest absolute Gasteiger partial charge is 0.353 e. The molecule has 0 spiro atoms. The van der Waals surface area contributed by atoms with Gasteiger partial charge in [0, 0.05) is 23.2 Å². The molecule has 0 saturated heterocycles. The van der Waals surface area contributed by atoms with Crippen LogP contribution in [0.25, 0.3) is 0 Å². The van der Waals surface area contributed by atoms with E-state index in [0.29, 0.717) is 0 Å². The van der Waals surface area contributed by atoms with Crippen LogP contribution in [0, 0.1) is 0 Å². The fraction of sp³-hybridized carbons (Fsp3) is 0.500. The Balaban J connectivity index is 2.16. The van der Waals surface area contributed by atoms with Crippen LogP contribution in [0.2, 0.25) is 0 Å². The maximum Gasteiger partial charge on any atom is 0.237 e. The summed E-state index contributed by atoms with van der Waals surface area (Å²) < 4.78 is 0. The molecule has 0 fully saturated rings. The van der Waals surface area contributed by atoms with Crippen LogP contribution in [0.4, 0.5) is 0 Å². The molecule has 0 radical (unpaired) electrons. The SMILES string of the molecule is CC(C)NC(=O)C(C)NCCSc1ccccc1. The minimum Gasteiger partial charge on any atom is -0.353 e. The van der Waals surface area contributed by atoms with Crippen molar-refractivity contribution in [1.29, 1.82) is 0 Å². The molecule has 1 amide bonds. The van der Waals surface area contributed by atoms with E-state index in [-0.39, 0.29) is 18.0 Å². The lowest BCUT2D eigenvalue weighted by Crippen LogP contribution is -2.45. The molecule has 0 heterocycles. The van der Waals surface area contributed by atoms with E-state index in [1.54, 1.807) is 11.8 Å². The lowest BCUT2D eigenvalue weighted by molar-refractivity contribution is -0.123. The van der Waals surface area contributed by atoms with E-state index < -0.39 is 0 Å². The van der Waals surface area contributed by atoms with Gasteiger partial charge in [0.2, 0.25) is 5.91 Å². The van der Waals surface area contributed by atoms with Crippen molar-refractivity contribution < 1.29 is 4.79 Å². The highest BCUT2D eigenvalue weighted by molar-refractivity contribution is 7.99. The minimum absolute atomic E-state index is 0.0645. The molecule has 0 bridgehead atoms. The molecule has 1 rings (SSSR count). The number of carbonyl (C=O) groups excluding carboxylic acids is 1. The quantitative estimate of drug-likeness (QED) is 0.587. The van der Waals surface area contributed by atoms with Gasteiger partial charge >= 0.3 is 0 Å². The van der Waals surface area contributed by atoms with Crippen molar-refractivity contribution in [3.63, 3.8) is 0 Å². The summed E-state index contributed by atoms with van der Waals surface area (Å²) in [5.74, 6) is 1.03. The summed E-state index contributed by atoms with van der Waals surface area (Å²) in [6.45, 7) is 6.66. The van der Waals surface area contributed by atoms with Gasteiger partial charge < -0.3 is 10.6 Å².